The maximum Gasteiger partial charge on any atom is 0.280 e. The zero-order valence-corrected chi connectivity index (χ0v) is 13.5. The highest BCUT2D eigenvalue weighted by molar-refractivity contribution is 6.30. The van der Waals surface area contributed by atoms with Crippen LogP contribution in [0.1, 0.15) is 36.6 Å². The molecule has 1 atom stereocenters. The van der Waals surface area contributed by atoms with Crippen molar-refractivity contribution < 1.29 is 13.9 Å². The average molecular weight is 342 g/mol. The molecule has 0 aliphatic carbocycles. The number of aromatic nitrogens is 2. The molecule has 1 N–H and O–H groups in total. The van der Waals surface area contributed by atoms with E-state index >= 15 is 0 Å². The van der Waals surface area contributed by atoms with E-state index in [0.717, 1.165) is 19.4 Å². The molecule has 1 unspecified atom stereocenters. The van der Waals surface area contributed by atoms with Gasteiger partial charge in [0.15, 0.2) is 0 Å². The molecule has 0 saturated carbocycles. The molecule has 0 bridgehead atoms. The minimum atomic E-state index is -2.55. The fourth-order valence-electron chi connectivity index (χ4n) is 3.14. The molecular weight excluding hydrogens is 324 g/mol. The summed E-state index contributed by atoms with van der Waals surface area (Å²) in [5.74, 6) is 0.140. The van der Waals surface area contributed by atoms with Crippen LogP contribution in [0.25, 0.3) is 0 Å². The summed E-state index contributed by atoms with van der Waals surface area (Å²) in [6.07, 6.45) is 0.543. The van der Waals surface area contributed by atoms with E-state index in [-0.39, 0.29) is 17.5 Å². The summed E-state index contributed by atoms with van der Waals surface area (Å²) in [6, 6.07) is 4.71. The number of aryl methyl sites for hydroxylation is 1. The summed E-state index contributed by atoms with van der Waals surface area (Å²) >= 11 is 6.01. The van der Waals surface area contributed by atoms with Crippen LogP contribution < -0.4 is 4.90 Å². The Labute approximate surface area is 138 Å². The quantitative estimate of drug-likeness (QED) is 0.903. The third-order valence-electron chi connectivity index (χ3n) is 4.25. The molecule has 1 saturated heterocycles. The van der Waals surface area contributed by atoms with E-state index in [9.17, 15) is 13.9 Å². The first-order chi connectivity index (χ1) is 11.0. The van der Waals surface area contributed by atoms with Gasteiger partial charge in [-0.2, -0.15) is 5.10 Å². The van der Waals surface area contributed by atoms with Gasteiger partial charge in [0.1, 0.15) is 11.4 Å². The van der Waals surface area contributed by atoms with Gasteiger partial charge in [-0.1, -0.05) is 11.6 Å². The van der Waals surface area contributed by atoms with Crippen molar-refractivity contribution in [2.24, 2.45) is 0 Å². The number of halogens is 3. The third kappa shape index (κ3) is 3.13. The number of alkyl halides is 2. The van der Waals surface area contributed by atoms with Crippen molar-refractivity contribution in [2.45, 2.75) is 32.2 Å². The van der Waals surface area contributed by atoms with Crippen LogP contribution >= 0.6 is 11.6 Å². The lowest BCUT2D eigenvalue weighted by Gasteiger charge is -2.35. The lowest BCUT2D eigenvalue weighted by Crippen LogP contribution is -2.37. The fraction of sp³-hybridized carbons (Fsp3) is 0.438. The van der Waals surface area contributed by atoms with E-state index in [1.165, 1.54) is 10.9 Å². The summed E-state index contributed by atoms with van der Waals surface area (Å²) in [4.78, 5) is 1.97. The molecule has 124 valence electrons. The van der Waals surface area contributed by atoms with Crippen molar-refractivity contribution in [1.82, 2.24) is 9.78 Å². The zero-order valence-electron chi connectivity index (χ0n) is 12.7. The molecule has 7 heteroatoms. The van der Waals surface area contributed by atoms with E-state index in [0.29, 0.717) is 22.8 Å². The Balaban J connectivity index is 1.88. The molecule has 2 aromatic rings. The van der Waals surface area contributed by atoms with E-state index in [2.05, 4.69) is 5.10 Å². The number of hydrogen-bond acceptors (Lipinski definition) is 3. The average Bonchev–Trinajstić information content (AvgIpc) is 2.92. The van der Waals surface area contributed by atoms with E-state index in [1.807, 2.05) is 4.90 Å². The minimum Gasteiger partial charge on any atom is -0.506 e. The second kappa shape index (κ2) is 6.35. The molecule has 0 spiro atoms. The lowest BCUT2D eigenvalue weighted by atomic mass is 10.0. The van der Waals surface area contributed by atoms with Gasteiger partial charge in [0.25, 0.3) is 6.43 Å². The fourth-order valence-corrected chi connectivity index (χ4v) is 3.31. The molecule has 1 aromatic heterocycles. The van der Waals surface area contributed by atoms with Gasteiger partial charge in [-0.3, -0.25) is 4.68 Å². The van der Waals surface area contributed by atoms with Crippen molar-refractivity contribution in [3.8, 4) is 5.75 Å². The third-order valence-corrected chi connectivity index (χ3v) is 4.49. The minimum absolute atomic E-state index is 0.0211. The second-order valence-corrected chi connectivity index (χ2v) is 6.27. The van der Waals surface area contributed by atoms with Crippen LogP contribution in [0.15, 0.2) is 24.4 Å². The second-order valence-electron chi connectivity index (χ2n) is 5.83. The van der Waals surface area contributed by atoms with Crippen LogP contribution in [0.3, 0.4) is 0 Å². The van der Waals surface area contributed by atoms with Gasteiger partial charge in [-0.15, -0.1) is 0 Å². The number of nitrogens with zero attached hydrogens (tertiary/aromatic N) is 3. The molecule has 1 fully saturated rings. The van der Waals surface area contributed by atoms with Crippen LogP contribution in [0.2, 0.25) is 5.02 Å². The van der Waals surface area contributed by atoms with Gasteiger partial charge in [-0.25, -0.2) is 8.78 Å². The number of aromatic hydroxyl groups is 1. The number of anilines is 1. The SMILES string of the molecule is Cc1cnn(C2CCCN(c3cc(Cl)ccc3O)C2)c1C(F)F. The van der Waals surface area contributed by atoms with Crippen molar-refractivity contribution >= 4 is 17.3 Å². The molecule has 23 heavy (non-hydrogen) atoms. The van der Waals surface area contributed by atoms with Gasteiger partial charge in [0, 0.05) is 18.1 Å². The molecular formula is C16H18ClF2N3O. The van der Waals surface area contributed by atoms with E-state index < -0.39 is 6.43 Å². The van der Waals surface area contributed by atoms with Crippen molar-refractivity contribution in [3.63, 3.8) is 0 Å². The molecule has 1 aliphatic rings. The van der Waals surface area contributed by atoms with E-state index in [4.69, 9.17) is 11.6 Å². The summed E-state index contributed by atoms with van der Waals surface area (Å²) in [7, 11) is 0. The van der Waals surface area contributed by atoms with Gasteiger partial charge in [0.05, 0.1) is 17.9 Å². The largest absolute Gasteiger partial charge is 0.506 e. The summed E-state index contributed by atoms with van der Waals surface area (Å²) in [5.41, 5.74) is 1.11. The first-order valence-electron chi connectivity index (χ1n) is 7.53. The highest BCUT2D eigenvalue weighted by Crippen LogP contribution is 2.35. The first kappa shape index (κ1) is 16.1. The maximum atomic E-state index is 13.3. The molecule has 2 heterocycles. The highest BCUT2D eigenvalue weighted by Gasteiger charge is 2.28. The van der Waals surface area contributed by atoms with Gasteiger partial charge < -0.3 is 10.0 Å². The van der Waals surface area contributed by atoms with Crippen LogP contribution in [0.4, 0.5) is 14.5 Å². The summed E-state index contributed by atoms with van der Waals surface area (Å²) in [5, 5.41) is 14.7. The maximum absolute atomic E-state index is 13.3. The van der Waals surface area contributed by atoms with Crippen molar-refractivity contribution in [1.29, 1.82) is 0 Å². The van der Waals surface area contributed by atoms with Crippen LogP contribution in [-0.4, -0.2) is 28.0 Å². The lowest BCUT2D eigenvalue weighted by molar-refractivity contribution is 0.133. The predicted molar refractivity (Wildman–Crippen MR) is 85.5 cm³/mol. The van der Waals surface area contributed by atoms with E-state index in [1.54, 1.807) is 25.1 Å². The number of phenols is 1. The Hall–Kier alpha value is -1.82. The van der Waals surface area contributed by atoms with Gasteiger partial charge in [0.2, 0.25) is 0 Å². The number of phenolic OH excluding ortho intramolecular Hbond substituents is 1. The van der Waals surface area contributed by atoms with Crippen LogP contribution in [-0.2, 0) is 0 Å². The Morgan fingerprint density at radius 2 is 2.17 bits per heavy atom. The summed E-state index contributed by atoms with van der Waals surface area (Å²) in [6.45, 7) is 2.90. The molecule has 1 aliphatic heterocycles. The normalized spacial score (nSPS) is 18.7. The predicted octanol–water partition coefficient (Wildman–Crippen LogP) is 4.33. The zero-order chi connectivity index (χ0) is 16.6. The topological polar surface area (TPSA) is 41.3 Å². The van der Waals surface area contributed by atoms with Crippen LogP contribution in [0.5, 0.6) is 5.75 Å². The molecule has 1 aromatic carbocycles. The number of benzene rings is 1. The standard InChI is InChI=1S/C16H18ClF2N3O/c1-10-8-20-22(15(10)16(18)19)12-3-2-6-21(9-12)13-7-11(17)4-5-14(13)23/h4-5,7-8,12,16,23H,2-3,6,9H2,1H3. The van der Waals surface area contributed by atoms with Crippen LogP contribution in [0, 0.1) is 6.92 Å². The van der Waals surface area contributed by atoms with Crippen molar-refractivity contribution in [2.75, 3.05) is 18.0 Å². The molecule has 4 nitrogen and oxygen atoms in total. The Morgan fingerprint density at radius 1 is 1.39 bits per heavy atom. The highest BCUT2D eigenvalue weighted by atomic mass is 35.5. The number of hydrogen-bond donors (Lipinski definition) is 1. The number of rotatable bonds is 3. The van der Waals surface area contributed by atoms with Gasteiger partial charge in [-0.05, 0) is 43.5 Å². The molecule has 0 radical (unpaired) electrons. The molecule has 0 amide bonds. The van der Waals surface area contributed by atoms with Gasteiger partial charge >= 0.3 is 0 Å². The smallest absolute Gasteiger partial charge is 0.280 e. The first-order valence-corrected chi connectivity index (χ1v) is 7.90. The number of piperidine rings is 1. The molecule has 3 rings (SSSR count). The monoisotopic (exact) mass is 341 g/mol. The Kier molecular flexibility index (Phi) is 4.43. The summed E-state index contributed by atoms with van der Waals surface area (Å²) < 4.78 is 28.0. The Morgan fingerprint density at radius 3 is 2.91 bits per heavy atom. The van der Waals surface area contributed by atoms with Crippen molar-refractivity contribution in [3.05, 3.63) is 40.7 Å². The Bertz CT molecular complexity index is 705.